The minimum atomic E-state index is -1.09. The molecule has 0 radical (unpaired) electrons. The monoisotopic (exact) mass is 253 g/mol. The van der Waals surface area contributed by atoms with Crippen LogP contribution in [0.15, 0.2) is 6.07 Å². The molecule has 1 heterocycles. The van der Waals surface area contributed by atoms with Gasteiger partial charge in [0.1, 0.15) is 5.69 Å². The fourth-order valence-corrected chi connectivity index (χ4v) is 1.53. The summed E-state index contributed by atoms with van der Waals surface area (Å²) in [6, 6.07) is 1.38. The van der Waals surface area contributed by atoms with Gasteiger partial charge in [0.2, 0.25) is 0 Å². The maximum Gasteiger partial charge on any atom is 0.354 e. The molecule has 6 heteroatoms. The number of aryl methyl sites for hydroxylation is 1. The van der Waals surface area contributed by atoms with Gasteiger partial charge in [0, 0.05) is 18.8 Å². The number of nitrogens with zero attached hydrogens (tertiary/aromatic N) is 1. The lowest BCUT2D eigenvalue weighted by molar-refractivity contribution is 0.0692. The van der Waals surface area contributed by atoms with Crippen LogP contribution in [0.4, 0.5) is 10.5 Å². The fourth-order valence-electron chi connectivity index (χ4n) is 1.53. The van der Waals surface area contributed by atoms with Crippen molar-refractivity contribution in [3.05, 3.63) is 17.5 Å². The van der Waals surface area contributed by atoms with Crippen molar-refractivity contribution in [1.82, 2.24) is 9.88 Å². The Morgan fingerprint density at radius 2 is 2.17 bits per heavy atom. The molecule has 0 spiro atoms. The topological polar surface area (TPSA) is 85.4 Å². The van der Waals surface area contributed by atoms with Crippen LogP contribution in [0.25, 0.3) is 0 Å². The maximum atomic E-state index is 11.9. The summed E-state index contributed by atoms with van der Waals surface area (Å²) < 4.78 is 0. The third-order valence-electron chi connectivity index (χ3n) is 2.98. The van der Waals surface area contributed by atoms with Gasteiger partial charge in [-0.05, 0) is 26.3 Å². The first-order chi connectivity index (χ1) is 8.36. The maximum absolute atomic E-state index is 11.9. The molecule has 1 aromatic rings. The van der Waals surface area contributed by atoms with Gasteiger partial charge in [0.05, 0.1) is 5.69 Å². The summed E-state index contributed by atoms with van der Waals surface area (Å²) in [4.78, 5) is 27.1. The number of carboxylic acids is 1. The smallest absolute Gasteiger partial charge is 0.354 e. The molecule has 18 heavy (non-hydrogen) atoms. The molecule has 1 atom stereocenters. The van der Waals surface area contributed by atoms with Gasteiger partial charge in [-0.15, -0.1) is 0 Å². The number of hydrogen-bond donors (Lipinski definition) is 3. The predicted octanol–water partition coefficient (Wildman–Crippen LogP) is 2.28. The molecule has 100 valence electrons. The first kappa shape index (κ1) is 14.1. The average molecular weight is 253 g/mol. The standard InChI is InChI=1S/C12H19N3O3/c1-5-8(3)15(4)12(18)14-9-6-7(2)13-10(9)11(16)17/h6,8,13H,5H2,1-4H3,(H,14,18)(H,16,17). The third kappa shape index (κ3) is 3.03. The van der Waals surface area contributed by atoms with E-state index < -0.39 is 5.97 Å². The molecule has 0 aliphatic rings. The van der Waals surface area contributed by atoms with Gasteiger partial charge in [-0.1, -0.05) is 6.92 Å². The van der Waals surface area contributed by atoms with E-state index in [1.807, 2.05) is 13.8 Å². The zero-order chi connectivity index (χ0) is 13.9. The number of carbonyl (C=O) groups excluding carboxylic acids is 1. The third-order valence-corrected chi connectivity index (χ3v) is 2.98. The molecule has 1 unspecified atom stereocenters. The lowest BCUT2D eigenvalue weighted by Gasteiger charge is -2.23. The van der Waals surface area contributed by atoms with Crippen molar-refractivity contribution in [3.8, 4) is 0 Å². The van der Waals surface area contributed by atoms with Gasteiger partial charge in [-0.2, -0.15) is 0 Å². The molecule has 1 rings (SSSR count). The molecule has 1 aromatic heterocycles. The number of anilines is 1. The van der Waals surface area contributed by atoms with Crippen molar-refractivity contribution in [2.75, 3.05) is 12.4 Å². The number of carbonyl (C=O) groups is 2. The zero-order valence-electron chi connectivity index (χ0n) is 11.1. The van der Waals surface area contributed by atoms with Crippen molar-refractivity contribution >= 4 is 17.7 Å². The quantitative estimate of drug-likeness (QED) is 0.769. The van der Waals surface area contributed by atoms with E-state index in [2.05, 4.69) is 10.3 Å². The molecular formula is C12H19N3O3. The zero-order valence-corrected chi connectivity index (χ0v) is 11.1. The molecular weight excluding hydrogens is 234 g/mol. The molecule has 2 amide bonds. The van der Waals surface area contributed by atoms with E-state index in [4.69, 9.17) is 5.11 Å². The van der Waals surface area contributed by atoms with Crippen LogP contribution in [-0.2, 0) is 0 Å². The molecule has 0 fully saturated rings. The Morgan fingerprint density at radius 3 is 2.67 bits per heavy atom. The average Bonchev–Trinajstić information content (AvgIpc) is 2.68. The molecule has 0 bridgehead atoms. The Kier molecular flexibility index (Phi) is 4.36. The highest BCUT2D eigenvalue weighted by Gasteiger charge is 2.19. The van der Waals surface area contributed by atoms with Crippen LogP contribution in [0, 0.1) is 6.92 Å². The fraction of sp³-hybridized carbons (Fsp3) is 0.500. The van der Waals surface area contributed by atoms with Gasteiger partial charge in [0.15, 0.2) is 0 Å². The summed E-state index contributed by atoms with van der Waals surface area (Å²) in [5, 5.41) is 11.6. The number of H-pyrrole nitrogens is 1. The number of hydrogen-bond acceptors (Lipinski definition) is 2. The molecule has 0 aromatic carbocycles. The Bertz CT molecular complexity index is 453. The number of rotatable bonds is 4. The Hall–Kier alpha value is -1.98. The van der Waals surface area contributed by atoms with Crippen molar-refractivity contribution < 1.29 is 14.7 Å². The number of aromatic carboxylic acids is 1. The Labute approximate surface area is 106 Å². The second-order valence-corrected chi connectivity index (χ2v) is 4.34. The highest BCUT2D eigenvalue weighted by Crippen LogP contribution is 2.17. The number of aromatic nitrogens is 1. The number of aromatic amines is 1. The Morgan fingerprint density at radius 1 is 1.56 bits per heavy atom. The van der Waals surface area contributed by atoms with Crippen LogP contribution in [0.3, 0.4) is 0 Å². The van der Waals surface area contributed by atoms with Crippen molar-refractivity contribution in [1.29, 1.82) is 0 Å². The van der Waals surface area contributed by atoms with Gasteiger partial charge < -0.3 is 20.3 Å². The van der Waals surface area contributed by atoms with Gasteiger partial charge in [-0.3, -0.25) is 0 Å². The van der Waals surface area contributed by atoms with E-state index in [1.165, 1.54) is 0 Å². The molecule has 0 aliphatic carbocycles. The SMILES string of the molecule is CCC(C)N(C)C(=O)Nc1cc(C)[nH]c1C(=O)O. The summed E-state index contributed by atoms with van der Waals surface area (Å²) in [6.45, 7) is 5.65. The van der Waals surface area contributed by atoms with Gasteiger partial charge in [-0.25, -0.2) is 9.59 Å². The van der Waals surface area contributed by atoms with E-state index in [1.54, 1.807) is 24.9 Å². The highest BCUT2D eigenvalue weighted by molar-refractivity contribution is 5.99. The number of nitrogens with one attached hydrogen (secondary N) is 2. The van der Waals surface area contributed by atoms with Crippen molar-refractivity contribution in [2.24, 2.45) is 0 Å². The largest absolute Gasteiger partial charge is 0.477 e. The van der Waals surface area contributed by atoms with Gasteiger partial charge >= 0.3 is 12.0 Å². The summed E-state index contributed by atoms with van der Waals surface area (Å²) in [5.41, 5.74) is 0.979. The van der Waals surface area contributed by atoms with E-state index in [0.717, 1.165) is 6.42 Å². The molecule has 3 N–H and O–H groups in total. The van der Waals surface area contributed by atoms with E-state index in [0.29, 0.717) is 11.4 Å². The normalized spacial score (nSPS) is 12.0. The van der Waals surface area contributed by atoms with Crippen LogP contribution < -0.4 is 5.32 Å². The van der Waals surface area contributed by atoms with Crippen molar-refractivity contribution in [3.63, 3.8) is 0 Å². The summed E-state index contributed by atoms with van der Waals surface area (Å²) in [6.07, 6.45) is 0.835. The van der Waals surface area contributed by atoms with Crippen LogP contribution in [0.5, 0.6) is 0 Å². The predicted molar refractivity (Wildman–Crippen MR) is 69.0 cm³/mol. The van der Waals surface area contributed by atoms with E-state index >= 15 is 0 Å². The lowest BCUT2D eigenvalue weighted by Crippen LogP contribution is -2.38. The lowest BCUT2D eigenvalue weighted by atomic mass is 10.2. The summed E-state index contributed by atoms with van der Waals surface area (Å²) >= 11 is 0. The van der Waals surface area contributed by atoms with Crippen LogP contribution in [0.2, 0.25) is 0 Å². The molecule has 0 saturated heterocycles. The summed E-state index contributed by atoms with van der Waals surface area (Å²) in [7, 11) is 1.68. The van der Waals surface area contributed by atoms with Crippen LogP contribution in [0.1, 0.15) is 36.5 Å². The van der Waals surface area contributed by atoms with Crippen LogP contribution in [-0.4, -0.2) is 40.1 Å². The Balaban J connectivity index is 2.85. The molecule has 0 aliphatic heterocycles. The second-order valence-electron chi connectivity index (χ2n) is 4.34. The van der Waals surface area contributed by atoms with Crippen LogP contribution >= 0.6 is 0 Å². The van der Waals surface area contributed by atoms with E-state index in [9.17, 15) is 9.59 Å². The number of amides is 2. The minimum absolute atomic E-state index is 0.00148. The van der Waals surface area contributed by atoms with Crippen molar-refractivity contribution in [2.45, 2.75) is 33.2 Å². The highest BCUT2D eigenvalue weighted by atomic mass is 16.4. The van der Waals surface area contributed by atoms with E-state index in [-0.39, 0.29) is 17.8 Å². The second kappa shape index (κ2) is 5.57. The summed E-state index contributed by atoms with van der Waals surface area (Å²) in [5.74, 6) is -1.09. The number of urea groups is 1. The molecule has 0 saturated carbocycles. The first-order valence-corrected chi connectivity index (χ1v) is 5.83. The molecule has 6 nitrogen and oxygen atoms in total. The number of carboxylic acid groups (broad SMARTS) is 1. The van der Waals surface area contributed by atoms with Gasteiger partial charge in [0.25, 0.3) is 0 Å². The minimum Gasteiger partial charge on any atom is -0.477 e. The first-order valence-electron chi connectivity index (χ1n) is 5.83.